The lowest BCUT2D eigenvalue weighted by atomic mass is 9.90. The Hall–Kier alpha value is -2.37. The molecule has 0 aromatic heterocycles. The maximum Gasteiger partial charge on any atom is 0.335 e. The van der Waals surface area contributed by atoms with Gasteiger partial charge in [-0.25, -0.2) is 4.79 Å². The van der Waals surface area contributed by atoms with E-state index in [4.69, 9.17) is 5.11 Å². The molecule has 1 N–H and O–H groups in total. The maximum absolute atomic E-state index is 12.6. The molecule has 0 spiro atoms. The Morgan fingerprint density at radius 1 is 1.08 bits per heavy atom. The highest BCUT2D eigenvalue weighted by molar-refractivity contribution is 5.87. The van der Waals surface area contributed by atoms with Gasteiger partial charge in [0, 0.05) is 44.9 Å². The van der Waals surface area contributed by atoms with Crippen molar-refractivity contribution in [2.75, 3.05) is 26.2 Å². The Morgan fingerprint density at radius 2 is 1.85 bits per heavy atom. The van der Waals surface area contributed by atoms with Gasteiger partial charge in [-0.15, -0.1) is 0 Å². The number of aromatic carboxylic acids is 1. The molecule has 1 aromatic carbocycles. The number of hydrogen-bond donors (Lipinski definition) is 1. The van der Waals surface area contributed by atoms with Crippen LogP contribution < -0.4 is 0 Å². The lowest BCUT2D eigenvalue weighted by molar-refractivity contribution is -0.136. The highest BCUT2D eigenvalue weighted by Crippen LogP contribution is 2.27. The molecule has 2 saturated heterocycles. The largest absolute Gasteiger partial charge is 0.478 e. The minimum Gasteiger partial charge on any atom is -0.478 e. The van der Waals surface area contributed by atoms with Gasteiger partial charge >= 0.3 is 5.97 Å². The van der Waals surface area contributed by atoms with Crippen molar-refractivity contribution >= 4 is 17.8 Å². The molecule has 6 nitrogen and oxygen atoms in total. The number of rotatable bonds is 5. The van der Waals surface area contributed by atoms with Gasteiger partial charge in [0.05, 0.1) is 5.56 Å². The van der Waals surface area contributed by atoms with Crippen molar-refractivity contribution in [2.45, 2.75) is 44.4 Å². The summed E-state index contributed by atoms with van der Waals surface area (Å²) in [6.07, 6.45) is 4.92. The molecule has 0 radical (unpaired) electrons. The van der Waals surface area contributed by atoms with Gasteiger partial charge in [0.15, 0.2) is 0 Å². The molecule has 26 heavy (non-hydrogen) atoms. The zero-order valence-electron chi connectivity index (χ0n) is 15.0. The van der Waals surface area contributed by atoms with Crippen LogP contribution in [0.4, 0.5) is 0 Å². The van der Waals surface area contributed by atoms with Crippen molar-refractivity contribution in [3.8, 4) is 0 Å². The first-order valence-corrected chi connectivity index (χ1v) is 9.43. The van der Waals surface area contributed by atoms with E-state index in [2.05, 4.69) is 0 Å². The predicted molar refractivity (Wildman–Crippen MR) is 97.0 cm³/mol. The molecule has 0 unspecified atom stereocenters. The van der Waals surface area contributed by atoms with Gasteiger partial charge in [0.1, 0.15) is 0 Å². The summed E-state index contributed by atoms with van der Waals surface area (Å²) in [5, 5.41) is 9.01. The SMILES string of the molecule is O=C(O)c1ccc([C@@H]2CCCN(C(=O)CCN3CCCCC3=O)C2)cc1. The number of carbonyl (C=O) groups is 3. The summed E-state index contributed by atoms with van der Waals surface area (Å²) >= 11 is 0. The summed E-state index contributed by atoms with van der Waals surface area (Å²) in [7, 11) is 0. The molecule has 0 saturated carbocycles. The number of carboxylic acid groups (broad SMARTS) is 1. The zero-order valence-corrected chi connectivity index (χ0v) is 15.0. The second-order valence-corrected chi connectivity index (χ2v) is 7.19. The number of nitrogens with zero attached hydrogens (tertiary/aromatic N) is 2. The summed E-state index contributed by atoms with van der Waals surface area (Å²) in [4.78, 5) is 39.1. The molecule has 0 aliphatic carbocycles. The Bertz CT molecular complexity index is 671. The normalized spacial score (nSPS) is 20.9. The van der Waals surface area contributed by atoms with E-state index in [-0.39, 0.29) is 23.3 Å². The van der Waals surface area contributed by atoms with Gasteiger partial charge in [-0.1, -0.05) is 12.1 Å². The van der Waals surface area contributed by atoms with E-state index in [0.29, 0.717) is 25.9 Å². The van der Waals surface area contributed by atoms with Crippen LogP contribution in [-0.2, 0) is 9.59 Å². The number of likely N-dealkylation sites (tertiary alicyclic amines) is 2. The van der Waals surface area contributed by atoms with Crippen LogP contribution in [0.5, 0.6) is 0 Å². The van der Waals surface area contributed by atoms with Crippen LogP contribution in [0.2, 0.25) is 0 Å². The fourth-order valence-corrected chi connectivity index (χ4v) is 3.86. The third-order valence-corrected chi connectivity index (χ3v) is 5.42. The molecule has 2 aliphatic heterocycles. The second kappa shape index (κ2) is 8.34. The van der Waals surface area contributed by atoms with Crippen molar-refractivity contribution in [1.82, 2.24) is 9.80 Å². The Kier molecular flexibility index (Phi) is 5.91. The fourth-order valence-electron chi connectivity index (χ4n) is 3.86. The van der Waals surface area contributed by atoms with Crippen molar-refractivity contribution < 1.29 is 19.5 Å². The summed E-state index contributed by atoms with van der Waals surface area (Å²) in [5.74, 6) is -0.411. The molecule has 2 fully saturated rings. The van der Waals surface area contributed by atoms with E-state index < -0.39 is 5.97 Å². The van der Waals surface area contributed by atoms with Crippen LogP contribution >= 0.6 is 0 Å². The molecule has 1 atom stereocenters. The highest BCUT2D eigenvalue weighted by atomic mass is 16.4. The Balaban J connectivity index is 1.54. The molecule has 2 aliphatic rings. The van der Waals surface area contributed by atoms with Gasteiger partial charge in [-0.3, -0.25) is 9.59 Å². The third-order valence-electron chi connectivity index (χ3n) is 5.42. The molecular weight excluding hydrogens is 332 g/mol. The fraction of sp³-hybridized carbons (Fsp3) is 0.550. The molecule has 3 rings (SSSR count). The molecule has 2 heterocycles. The van der Waals surface area contributed by atoms with Crippen LogP contribution in [-0.4, -0.2) is 58.9 Å². The maximum atomic E-state index is 12.6. The lowest BCUT2D eigenvalue weighted by Crippen LogP contribution is -2.42. The zero-order chi connectivity index (χ0) is 18.5. The average molecular weight is 358 g/mol. The third kappa shape index (κ3) is 4.42. The molecule has 140 valence electrons. The van der Waals surface area contributed by atoms with E-state index in [1.54, 1.807) is 12.1 Å². The molecular formula is C20H26N2O4. The van der Waals surface area contributed by atoms with E-state index in [0.717, 1.165) is 44.3 Å². The van der Waals surface area contributed by atoms with Crippen LogP contribution in [0.3, 0.4) is 0 Å². The Labute approximate surface area is 153 Å². The minimum atomic E-state index is -0.927. The number of hydrogen-bond acceptors (Lipinski definition) is 3. The molecule has 2 amide bonds. The lowest BCUT2D eigenvalue weighted by Gasteiger charge is -2.34. The van der Waals surface area contributed by atoms with Crippen molar-refractivity contribution in [2.24, 2.45) is 0 Å². The number of benzene rings is 1. The Morgan fingerprint density at radius 3 is 2.54 bits per heavy atom. The number of piperidine rings is 2. The van der Waals surface area contributed by atoms with Crippen molar-refractivity contribution in [1.29, 1.82) is 0 Å². The topological polar surface area (TPSA) is 77.9 Å². The van der Waals surface area contributed by atoms with Crippen molar-refractivity contribution in [3.63, 3.8) is 0 Å². The molecule has 0 bridgehead atoms. The van der Waals surface area contributed by atoms with E-state index >= 15 is 0 Å². The summed E-state index contributed by atoms with van der Waals surface area (Å²) in [6.45, 7) is 2.71. The number of amides is 2. The van der Waals surface area contributed by atoms with E-state index in [1.807, 2.05) is 21.9 Å². The predicted octanol–water partition coefficient (Wildman–Crippen LogP) is 2.49. The smallest absolute Gasteiger partial charge is 0.335 e. The molecule has 6 heteroatoms. The van der Waals surface area contributed by atoms with Gasteiger partial charge in [-0.05, 0) is 43.4 Å². The summed E-state index contributed by atoms with van der Waals surface area (Å²) < 4.78 is 0. The average Bonchev–Trinajstić information content (AvgIpc) is 2.67. The first-order valence-electron chi connectivity index (χ1n) is 9.43. The van der Waals surface area contributed by atoms with Crippen LogP contribution in [0.15, 0.2) is 24.3 Å². The van der Waals surface area contributed by atoms with E-state index in [1.165, 1.54) is 0 Å². The van der Waals surface area contributed by atoms with Gasteiger partial charge < -0.3 is 14.9 Å². The monoisotopic (exact) mass is 358 g/mol. The summed E-state index contributed by atoms with van der Waals surface area (Å²) in [6, 6.07) is 6.96. The first kappa shape index (κ1) is 18.4. The van der Waals surface area contributed by atoms with Crippen molar-refractivity contribution in [3.05, 3.63) is 35.4 Å². The first-order chi connectivity index (χ1) is 12.5. The standard InChI is InChI=1S/C20H26N2O4/c23-18-5-1-2-11-21(18)13-10-19(24)22-12-3-4-17(14-22)15-6-8-16(9-7-15)20(25)26/h6-9,17H,1-5,10-14H2,(H,25,26)/t17-/m1/s1. The quantitative estimate of drug-likeness (QED) is 0.877. The minimum absolute atomic E-state index is 0.107. The van der Waals surface area contributed by atoms with E-state index in [9.17, 15) is 14.4 Å². The second-order valence-electron chi connectivity index (χ2n) is 7.19. The number of carboxylic acids is 1. The van der Waals surface area contributed by atoms with Gasteiger partial charge in [0.2, 0.25) is 11.8 Å². The van der Waals surface area contributed by atoms with Crippen LogP contribution in [0.1, 0.15) is 60.4 Å². The van der Waals surface area contributed by atoms with Gasteiger partial charge in [-0.2, -0.15) is 0 Å². The van der Waals surface area contributed by atoms with Crippen LogP contribution in [0.25, 0.3) is 0 Å². The molecule has 1 aromatic rings. The van der Waals surface area contributed by atoms with Crippen LogP contribution in [0, 0.1) is 0 Å². The summed E-state index contributed by atoms with van der Waals surface area (Å²) in [5.41, 5.74) is 1.36. The highest BCUT2D eigenvalue weighted by Gasteiger charge is 2.26. The van der Waals surface area contributed by atoms with Gasteiger partial charge in [0.25, 0.3) is 0 Å². The number of carbonyl (C=O) groups excluding carboxylic acids is 2.